The number of aryl methyl sites for hydroxylation is 3. The van der Waals surface area contributed by atoms with Crippen molar-refractivity contribution in [2.24, 2.45) is 0 Å². The SMILES string of the molecule is CC(C)c1c[c-]c(-c2cc[c]([Ge]([CH3])([CH3])[CH3])cn2)cc1.Cc1cc(C)c2c(n1)oc1c(-c3nc4ccnc(C)c4n3-c3c(-c4ccccc4)cccc3-c3ccccc3)[c-]cnc12.[Ir]. The summed E-state index contributed by atoms with van der Waals surface area (Å²) in [6.07, 6.45) is 5.57. The van der Waals surface area contributed by atoms with Gasteiger partial charge in [0.15, 0.2) is 0 Å². The Balaban J connectivity index is 0.000000230. The van der Waals surface area contributed by atoms with E-state index in [0.717, 1.165) is 83.6 Å². The zero-order valence-corrected chi connectivity index (χ0v) is 41.3. The van der Waals surface area contributed by atoms with E-state index in [9.17, 15) is 0 Å². The van der Waals surface area contributed by atoms with Crippen molar-refractivity contribution in [2.75, 3.05) is 0 Å². The molecule has 4 aromatic carbocycles. The molecule has 0 aliphatic heterocycles. The van der Waals surface area contributed by atoms with Crippen LogP contribution in [0.15, 0.2) is 144 Å². The van der Waals surface area contributed by atoms with Crippen LogP contribution in [0.2, 0.25) is 17.3 Å². The van der Waals surface area contributed by atoms with Crippen molar-refractivity contribution < 1.29 is 24.5 Å². The van der Waals surface area contributed by atoms with Crippen molar-refractivity contribution in [3.05, 3.63) is 175 Å². The molecule has 0 amide bonds. The fourth-order valence-corrected chi connectivity index (χ4v) is 10.3. The van der Waals surface area contributed by atoms with Crippen LogP contribution in [0.1, 0.15) is 42.3 Å². The number of furan rings is 1. The second-order valence-corrected chi connectivity index (χ2v) is 27.8. The Morgan fingerprint density at radius 2 is 1.41 bits per heavy atom. The third-order valence-electron chi connectivity index (χ3n) is 11.4. The predicted molar refractivity (Wildman–Crippen MR) is 257 cm³/mol. The van der Waals surface area contributed by atoms with Crippen molar-refractivity contribution in [1.29, 1.82) is 0 Å². The van der Waals surface area contributed by atoms with Crippen LogP contribution in [0.25, 0.3) is 83.8 Å². The van der Waals surface area contributed by atoms with Crippen molar-refractivity contribution in [3.8, 4) is 50.6 Å². The number of fused-ring (bicyclic) bond motifs is 4. The molecule has 10 aromatic rings. The number of benzene rings is 4. The molecule has 9 heteroatoms. The molecule has 0 atom stereocenters. The number of hydrogen-bond donors (Lipinski definition) is 0. The molecule has 63 heavy (non-hydrogen) atoms. The van der Waals surface area contributed by atoms with Gasteiger partial charge >= 0.3 is 119 Å². The number of para-hydroxylation sites is 1. The Labute approximate surface area is 385 Å². The molecule has 10 rings (SSSR count). The van der Waals surface area contributed by atoms with Crippen molar-refractivity contribution in [2.45, 2.75) is 57.8 Å². The van der Waals surface area contributed by atoms with Gasteiger partial charge in [0.25, 0.3) is 0 Å². The maximum absolute atomic E-state index is 6.47. The molecule has 0 spiro atoms. The Hall–Kier alpha value is -6.06. The second kappa shape index (κ2) is 18.0. The van der Waals surface area contributed by atoms with E-state index in [2.05, 4.69) is 169 Å². The number of imidazole rings is 1. The van der Waals surface area contributed by atoms with E-state index in [0.29, 0.717) is 23.0 Å². The second-order valence-electron chi connectivity index (χ2n) is 17.2. The largest absolute Gasteiger partial charge is 0.499 e. The van der Waals surface area contributed by atoms with Crippen LogP contribution in [0, 0.1) is 32.9 Å². The number of pyridine rings is 4. The van der Waals surface area contributed by atoms with Crippen LogP contribution in [0.4, 0.5) is 0 Å². The number of rotatable bonds is 7. The molecule has 0 saturated heterocycles. The van der Waals surface area contributed by atoms with E-state index < -0.39 is 13.3 Å². The van der Waals surface area contributed by atoms with E-state index in [-0.39, 0.29) is 20.1 Å². The van der Waals surface area contributed by atoms with Crippen LogP contribution in [0.3, 0.4) is 0 Å². The Bertz CT molecular complexity index is 3150. The van der Waals surface area contributed by atoms with Crippen LogP contribution < -0.4 is 4.40 Å². The van der Waals surface area contributed by atoms with E-state index in [1.54, 1.807) is 6.20 Å². The molecule has 0 saturated carbocycles. The average Bonchev–Trinajstić information content (AvgIpc) is 3.86. The Morgan fingerprint density at radius 3 is 2.02 bits per heavy atom. The molecular weight excluding hydrogens is 1010 g/mol. The maximum Gasteiger partial charge on any atom is 0.215 e. The van der Waals surface area contributed by atoms with Crippen molar-refractivity contribution in [1.82, 2.24) is 29.5 Å². The molecular formula is C54H48GeIrN6O-2. The molecule has 0 unspecified atom stereocenters. The molecule has 6 aromatic heterocycles. The average molecular weight is 1060 g/mol. The summed E-state index contributed by atoms with van der Waals surface area (Å²) in [4.78, 5) is 24.0. The number of aromatic nitrogens is 6. The molecule has 0 fully saturated rings. The van der Waals surface area contributed by atoms with Crippen LogP contribution in [-0.4, -0.2) is 42.8 Å². The van der Waals surface area contributed by atoms with Crippen LogP contribution in [0.5, 0.6) is 0 Å². The van der Waals surface area contributed by atoms with Gasteiger partial charge in [-0.3, -0.25) is 15.0 Å². The van der Waals surface area contributed by atoms with Gasteiger partial charge in [-0.1, -0.05) is 78.9 Å². The summed E-state index contributed by atoms with van der Waals surface area (Å²) in [6, 6.07) is 48.9. The summed E-state index contributed by atoms with van der Waals surface area (Å²) < 4.78 is 10.1. The van der Waals surface area contributed by atoms with Gasteiger partial charge in [-0.15, -0.1) is 11.6 Å². The zero-order chi connectivity index (χ0) is 43.1. The monoisotopic (exact) mass is 1060 g/mol. The maximum atomic E-state index is 6.47. The minimum Gasteiger partial charge on any atom is -0.499 e. The van der Waals surface area contributed by atoms with E-state index >= 15 is 0 Å². The summed E-state index contributed by atoms with van der Waals surface area (Å²) >= 11 is -1.74. The molecule has 315 valence electrons. The molecule has 7 nitrogen and oxygen atoms in total. The smallest absolute Gasteiger partial charge is 0.215 e. The first-order valence-electron chi connectivity index (χ1n) is 21.1. The van der Waals surface area contributed by atoms with Gasteiger partial charge in [0, 0.05) is 48.9 Å². The quantitative estimate of drug-likeness (QED) is 0.117. The molecule has 0 bridgehead atoms. The van der Waals surface area contributed by atoms with Gasteiger partial charge < -0.3 is 8.98 Å². The molecule has 0 aliphatic carbocycles. The van der Waals surface area contributed by atoms with Gasteiger partial charge in [-0.2, -0.15) is 0 Å². The Morgan fingerprint density at radius 1 is 0.714 bits per heavy atom. The first-order chi connectivity index (χ1) is 30.0. The van der Waals surface area contributed by atoms with Gasteiger partial charge in [0.05, 0.1) is 38.9 Å². The third kappa shape index (κ3) is 8.55. The standard InChI is InChI=1S/C37H26N5O.C17H22GeN.Ir/c1-22-21-23(2)40-37-31(22)32-35(43-37)29(17-19-39-32)36-41-30-18-20-38-24(3)33(30)42(36)34-27(25-11-6-4-7-12-25)15-10-16-28(34)26-13-8-5-9-14-26;1-13(2)14-6-8-15(9-7-14)17-11-10-16(12-19-17)18(3,4)5;/h4-16,18-21H,1-3H3;6-8,10-13H,1-5H3;/q2*-1;. The number of nitrogens with zero attached hydrogens (tertiary/aromatic N) is 6. The van der Waals surface area contributed by atoms with Crippen LogP contribution in [-0.2, 0) is 20.1 Å². The topological polar surface area (TPSA) is 82.5 Å². The first kappa shape index (κ1) is 43.6. The summed E-state index contributed by atoms with van der Waals surface area (Å²) in [5.41, 5.74) is 16.1. The van der Waals surface area contributed by atoms with Gasteiger partial charge in [0.1, 0.15) is 0 Å². The van der Waals surface area contributed by atoms with Gasteiger partial charge in [-0.05, 0) is 55.8 Å². The fraction of sp³-hybridized carbons (Fsp3) is 0.167. The third-order valence-corrected chi connectivity index (χ3v) is 15.7. The minimum atomic E-state index is -1.74. The van der Waals surface area contributed by atoms with Gasteiger partial charge in [-0.25, -0.2) is 4.98 Å². The predicted octanol–water partition coefficient (Wildman–Crippen LogP) is 13.1. The summed E-state index contributed by atoms with van der Waals surface area (Å²) in [6.45, 7) is 10.5. The first-order valence-corrected chi connectivity index (χ1v) is 28.4. The van der Waals surface area contributed by atoms with E-state index in [1.165, 1.54) is 9.96 Å². The van der Waals surface area contributed by atoms with Crippen molar-refractivity contribution in [3.63, 3.8) is 0 Å². The molecule has 0 N–H and O–H groups in total. The van der Waals surface area contributed by atoms with E-state index in [1.807, 2.05) is 38.2 Å². The van der Waals surface area contributed by atoms with Gasteiger partial charge in [0.2, 0.25) is 5.71 Å². The number of hydrogen-bond acceptors (Lipinski definition) is 6. The molecule has 6 heterocycles. The minimum absolute atomic E-state index is 0. The summed E-state index contributed by atoms with van der Waals surface area (Å²) in [5.74, 6) is 8.42. The fourth-order valence-electron chi connectivity index (χ4n) is 8.11. The van der Waals surface area contributed by atoms with E-state index in [4.69, 9.17) is 24.4 Å². The molecule has 0 aliphatic rings. The summed E-state index contributed by atoms with van der Waals surface area (Å²) in [5, 5.41) is 0.908. The van der Waals surface area contributed by atoms with Crippen molar-refractivity contribution >= 4 is 50.9 Å². The molecule has 1 radical (unpaired) electrons. The Kier molecular flexibility index (Phi) is 12.4. The normalized spacial score (nSPS) is 11.5. The van der Waals surface area contributed by atoms with Crippen LogP contribution >= 0.6 is 0 Å². The summed E-state index contributed by atoms with van der Waals surface area (Å²) in [7, 11) is 0. The zero-order valence-electron chi connectivity index (χ0n) is 36.8.